The number of rotatable bonds is 3. The van der Waals surface area contributed by atoms with Gasteiger partial charge in [-0.05, 0) is 32.0 Å². The normalized spacial score (nSPS) is 16.8. The summed E-state index contributed by atoms with van der Waals surface area (Å²) >= 11 is 6.97. The summed E-state index contributed by atoms with van der Waals surface area (Å²) in [6.45, 7) is 2.75. The molecule has 0 bridgehead atoms. The van der Waals surface area contributed by atoms with E-state index in [9.17, 15) is 0 Å². The van der Waals surface area contributed by atoms with E-state index in [0.29, 0.717) is 6.04 Å². The standard InChI is InChI=1S/C12H19N3S2/c1-9-14-11(8-17-9)7-13-12(16)15-10-5-3-2-4-6-10/h8,10H,2-7H2,1H3,(H2,13,15,16). The van der Waals surface area contributed by atoms with Crippen LogP contribution in [0.5, 0.6) is 0 Å². The number of thiazole rings is 1. The maximum atomic E-state index is 5.29. The van der Waals surface area contributed by atoms with Crippen LogP contribution in [0.4, 0.5) is 0 Å². The number of aryl methyl sites for hydroxylation is 1. The minimum Gasteiger partial charge on any atom is -0.360 e. The Kier molecular flexibility index (Phi) is 4.74. The van der Waals surface area contributed by atoms with Crippen LogP contribution in [0.2, 0.25) is 0 Å². The van der Waals surface area contributed by atoms with Gasteiger partial charge in [0.05, 0.1) is 17.2 Å². The molecule has 0 spiro atoms. The second kappa shape index (κ2) is 6.31. The highest BCUT2D eigenvalue weighted by molar-refractivity contribution is 7.80. The van der Waals surface area contributed by atoms with E-state index in [1.165, 1.54) is 32.1 Å². The van der Waals surface area contributed by atoms with Gasteiger partial charge in [-0.3, -0.25) is 0 Å². The van der Waals surface area contributed by atoms with Crippen molar-refractivity contribution in [3.05, 3.63) is 16.1 Å². The van der Waals surface area contributed by atoms with Gasteiger partial charge in [-0.1, -0.05) is 19.3 Å². The van der Waals surface area contributed by atoms with Gasteiger partial charge in [0, 0.05) is 11.4 Å². The van der Waals surface area contributed by atoms with Crippen LogP contribution >= 0.6 is 23.6 Å². The molecular weight excluding hydrogens is 250 g/mol. The Morgan fingerprint density at radius 3 is 2.88 bits per heavy atom. The first-order chi connectivity index (χ1) is 8.24. The van der Waals surface area contributed by atoms with E-state index in [4.69, 9.17) is 12.2 Å². The van der Waals surface area contributed by atoms with Crippen LogP contribution < -0.4 is 10.6 Å². The second-order valence-electron chi connectivity index (χ2n) is 4.52. The summed E-state index contributed by atoms with van der Waals surface area (Å²) in [6.07, 6.45) is 6.52. The molecular formula is C12H19N3S2. The SMILES string of the molecule is Cc1nc(CNC(=S)NC2CCCCC2)cs1. The number of aromatic nitrogens is 1. The molecule has 94 valence electrons. The summed E-state index contributed by atoms with van der Waals surface area (Å²) in [6, 6.07) is 0.570. The summed E-state index contributed by atoms with van der Waals surface area (Å²) in [4.78, 5) is 4.40. The van der Waals surface area contributed by atoms with Crippen molar-refractivity contribution < 1.29 is 0 Å². The monoisotopic (exact) mass is 269 g/mol. The Labute approximate surface area is 112 Å². The Morgan fingerprint density at radius 1 is 1.47 bits per heavy atom. The van der Waals surface area contributed by atoms with Crippen molar-refractivity contribution in [3.8, 4) is 0 Å². The number of thiocarbonyl (C=S) groups is 1. The van der Waals surface area contributed by atoms with E-state index < -0.39 is 0 Å². The highest BCUT2D eigenvalue weighted by Crippen LogP contribution is 2.17. The molecule has 1 fully saturated rings. The van der Waals surface area contributed by atoms with Crippen molar-refractivity contribution in [1.82, 2.24) is 15.6 Å². The number of hydrogen-bond acceptors (Lipinski definition) is 3. The van der Waals surface area contributed by atoms with E-state index in [-0.39, 0.29) is 0 Å². The van der Waals surface area contributed by atoms with Gasteiger partial charge >= 0.3 is 0 Å². The fourth-order valence-corrected chi connectivity index (χ4v) is 3.00. The van der Waals surface area contributed by atoms with Gasteiger partial charge in [0.25, 0.3) is 0 Å². The van der Waals surface area contributed by atoms with Crippen LogP contribution in [-0.4, -0.2) is 16.1 Å². The van der Waals surface area contributed by atoms with E-state index >= 15 is 0 Å². The van der Waals surface area contributed by atoms with Crippen LogP contribution in [0.1, 0.15) is 42.8 Å². The van der Waals surface area contributed by atoms with E-state index in [1.54, 1.807) is 11.3 Å². The van der Waals surface area contributed by atoms with Gasteiger partial charge in [0.2, 0.25) is 0 Å². The third-order valence-electron chi connectivity index (χ3n) is 3.04. The zero-order valence-corrected chi connectivity index (χ0v) is 11.8. The average Bonchev–Trinajstić information content (AvgIpc) is 2.74. The van der Waals surface area contributed by atoms with Crippen molar-refractivity contribution >= 4 is 28.7 Å². The molecule has 1 aliphatic carbocycles. The molecule has 1 aromatic heterocycles. The molecule has 0 atom stereocenters. The van der Waals surface area contributed by atoms with Crippen molar-refractivity contribution in [1.29, 1.82) is 0 Å². The summed E-state index contributed by atoms with van der Waals surface area (Å²) < 4.78 is 0. The molecule has 1 aliphatic rings. The van der Waals surface area contributed by atoms with Crippen LogP contribution in [0.15, 0.2) is 5.38 Å². The molecule has 0 aromatic carbocycles. The topological polar surface area (TPSA) is 37.0 Å². The molecule has 1 heterocycles. The first-order valence-electron chi connectivity index (χ1n) is 6.19. The second-order valence-corrected chi connectivity index (χ2v) is 5.99. The molecule has 2 N–H and O–H groups in total. The van der Waals surface area contributed by atoms with Crippen LogP contribution in [0.25, 0.3) is 0 Å². The van der Waals surface area contributed by atoms with Crippen molar-refractivity contribution in [2.75, 3.05) is 0 Å². The lowest BCUT2D eigenvalue weighted by atomic mass is 9.96. The highest BCUT2D eigenvalue weighted by atomic mass is 32.1. The van der Waals surface area contributed by atoms with Gasteiger partial charge < -0.3 is 10.6 Å². The van der Waals surface area contributed by atoms with Gasteiger partial charge in [-0.15, -0.1) is 11.3 Å². The maximum absolute atomic E-state index is 5.29. The third kappa shape index (κ3) is 4.24. The zero-order chi connectivity index (χ0) is 12.1. The molecule has 0 unspecified atom stereocenters. The predicted molar refractivity (Wildman–Crippen MR) is 76.3 cm³/mol. The molecule has 0 saturated heterocycles. The maximum Gasteiger partial charge on any atom is 0.166 e. The van der Waals surface area contributed by atoms with Crippen molar-refractivity contribution in [2.24, 2.45) is 0 Å². The highest BCUT2D eigenvalue weighted by Gasteiger charge is 2.13. The summed E-state index contributed by atoms with van der Waals surface area (Å²) in [5.41, 5.74) is 1.07. The van der Waals surface area contributed by atoms with Crippen LogP contribution in [0, 0.1) is 6.92 Å². The smallest absolute Gasteiger partial charge is 0.166 e. The van der Waals surface area contributed by atoms with Gasteiger partial charge in [0.15, 0.2) is 5.11 Å². The lowest BCUT2D eigenvalue weighted by Gasteiger charge is -2.24. The summed E-state index contributed by atoms with van der Waals surface area (Å²) in [5, 5.41) is 10.6. The fourth-order valence-electron chi connectivity index (χ4n) is 2.14. The van der Waals surface area contributed by atoms with Crippen LogP contribution in [-0.2, 0) is 6.54 Å². The molecule has 0 radical (unpaired) electrons. The van der Waals surface area contributed by atoms with Gasteiger partial charge in [-0.25, -0.2) is 4.98 Å². The Bertz CT molecular complexity index is 370. The van der Waals surface area contributed by atoms with Gasteiger partial charge in [0.1, 0.15) is 0 Å². The minimum absolute atomic E-state index is 0.570. The molecule has 0 aliphatic heterocycles. The van der Waals surface area contributed by atoms with Gasteiger partial charge in [-0.2, -0.15) is 0 Å². The molecule has 3 nitrogen and oxygen atoms in total. The molecule has 17 heavy (non-hydrogen) atoms. The number of nitrogens with zero attached hydrogens (tertiary/aromatic N) is 1. The first-order valence-corrected chi connectivity index (χ1v) is 7.48. The molecule has 0 amide bonds. The largest absolute Gasteiger partial charge is 0.360 e. The quantitative estimate of drug-likeness (QED) is 0.827. The summed E-state index contributed by atoms with van der Waals surface area (Å²) in [5.74, 6) is 0. The number of nitrogens with one attached hydrogen (secondary N) is 2. The number of hydrogen-bond donors (Lipinski definition) is 2. The summed E-state index contributed by atoms with van der Waals surface area (Å²) in [7, 11) is 0. The van der Waals surface area contributed by atoms with Crippen LogP contribution in [0.3, 0.4) is 0 Å². The molecule has 1 aromatic rings. The average molecular weight is 269 g/mol. The molecule has 5 heteroatoms. The van der Waals surface area contributed by atoms with Crippen molar-refractivity contribution in [3.63, 3.8) is 0 Å². The lowest BCUT2D eigenvalue weighted by Crippen LogP contribution is -2.42. The predicted octanol–water partition coefficient (Wildman–Crippen LogP) is 2.75. The lowest BCUT2D eigenvalue weighted by molar-refractivity contribution is 0.412. The minimum atomic E-state index is 0.570. The third-order valence-corrected chi connectivity index (χ3v) is 4.12. The Balaban J connectivity index is 1.70. The first kappa shape index (κ1) is 12.8. The zero-order valence-electron chi connectivity index (χ0n) is 10.2. The Morgan fingerprint density at radius 2 is 2.24 bits per heavy atom. The van der Waals surface area contributed by atoms with E-state index in [1.807, 2.05) is 6.92 Å². The fraction of sp³-hybridized carbons (Fsp3) is 0.667. The Hall–Kier alpha value is -0.680. The van der Waals surface area contributed by atoms with E-state index in [0.717, 1.165) is 22.4 Å². The molecule has 1 saturated carbocycles. The molecule has 2 rings (SSSR count). The van der Waals surface area contributed by atoms with E-state index in [2.05, 4.69) is 21.0 Å². The van der Waals surface area contributed by atoms with Crippen molar-refractivity contribution in [2.45, 2.75) is 51.6 Å².